The van der Waals surface area contributed by atoms with E-state index in [4.69, 9.17) is 4.74 Å². The Labute approximate surface area is 202 Å². The molecule has 0 aliphatic heterocycles. The lowest BCUT2D eigenvalue weighted by molar-refractivity contribution is -0.384. The molecule has 0 aliphatic rings. The van der Waals surface area contributed by atoms with Crippen LogP contribution in [0.4, 0.5) is 21.2 Å². The van der Waals surface area contributed by atoms with E-state index in [1.54, 1.807) is 38.1 Å². The molecule has 0 atom stereocenters. The monoisotopic (exact) mass is 493 g/mol. The van der Waals surface area contributed by atoms with Gasteiger partial charge < -0.3 is 10.1 Å². The summed E-state index contributed by atoms with van der Waals surface area (Å²) in [6, 6.07) is 8.65. The van der Waals surface area contributed by atoms with Crippen molar-refractivity contribution in [1.82, 2.24) is 20.0 Å². The predicted octanol–water partition coefficient (Wildman–Crippen LogP) is 4.43. The second-order valence-electron chi connectivity index (χ2n) is 7.09. The molecule has 3 heterocycles. The summed E-state index contributed by atoms with van der Waals surface area (Å²) in [5, 5.41) is 24.6. The Kier molecular flexibility index (Phi) is 6.78. The van der Waals surface area contributed by atoms with Gasteiger partial charge in [-0.05, 0) is 49.2 Å². The number of non-ortho nitro benzene ring substituents is 1. The first-order valence-electron chi connectivity index (χ1n) is 10.3. The van der Waals surface area contributed by atoms with Crippen molar-refractivity contribution in [2.75, 3.05) is 17.2 Å². The molecule has 0 saturated carbocycles. The lowest BCUT2D eigenvalue weighted by atomic mass is 10.1. The average Bonchev–Trinajstić information content (AvgIpc) is 3.48. The van der Waals surface area contributed by atoms with Crippen LogP contribution in [-0.2, 0) is 4.74 Å². The minimum absolute atomic E-state index is 0.0470. The highest BCUT2D eigenvalue weighted by Gasteiger charge is 2.24. The number of amides is 2. The highest BCUT2D eigenvalue weighted by Crippen LogP contribution is 2.40. The van der Waals surface area contributed by atoms with Gasteiger partial charge in [0.15, 0.2) is 5.82 Å². The number of ether oxygens (including phenoxy) is 1. The summed E-state index contributed by atoms with van der Waals surface area (Å²) in [6.45, 7) is 3.58. The van der Waals surface area contributed by atoms with E-state index in [1.165, 1.54) is 46.9 Å². The maximum absolute atomic E-state index is 12.7. The summed E-state index contributed by atoms with van der Waals surface area (Å²) in [5.41, 5.74) is 1.85. The van der Waals surface area contributed by atoms with Crippen molar-refractivity contribution >= 4 is 39.7 Å². The fraction of sp³-hybridized carbons (Fsp3) is 0.136. The van der Waals surface area contributed by atoms with Crippen molar-refractivity contribution in [3.63, 3.8) is 0 Å². The van der Waals surface area contributed by atoms with E-state index in [0.29, 0.717) is 27.5 Å². The minimum Gasteiger partial charge on any atom is -0.462 e. The Hall–Kier alpha value is -4.65. The second kappa shape index (κ2) is 10.1. The van der Waals surface area contributed by atoms with Gasteiger partial charge in [0, 0.05) is 17.0 Å². The summed E-state index contributed by atoms with van der Waals surface area (Å²) in [5.74, 6) is -0.102. The maximum Gasteiger partial charge on any atom is 0.341 e. The largest absolute Gasteiger partial charge is 0.462 e. The Morgan fingerprint density at radius 2 is 1.83 bits per heavy atom. The molecule has 0 radical (unpaired) electrons. The highest BCUT2D eigenvalue weighted by atomic mass is 32.1. The van der Waals surface area contributed by atoms with Gasteiger partial charge >= 0.3 is 12.0 Å². The predicted molar refractivity (Wildman–Crippen MR) is 129 cm³/mol. The fourth-order valence-corrected chi connectivity index (χ4v) is 4.43. The minimum atomic E-state index is -0.584. The van der Waals surface area contributed by atoms with E-state index in [1.807, 2.05) is 0 Å². The van der Waals surface area contributed by atoms with Crippen LogP contribution in [0.25, 0.3) is 16.3 Å². The molecule has 4 rings (SSSR count). The number of hydrogen-bond acceptors (Lipinski definition) is 9. The molecule has 12 nitrogen and oxygen atoms in total. The number of anilines is 2. The van der Waals surface area contributed by atoms with Gasteiger partial charge in [0.2, 0.25) is 0 Å². The quantitative estimate of drug-likeness (QED) is 0.218. The van der Waals surface area contributed by atoms with Crippen molar-refractivity contribution in [3.8, 4) is 16.3 Å². The van der Waals surface area contributed by atoms with Crippen LogP contribution in [0.15, 0.2) is 55.0 Å². The SMILES string of the molecule is CCOC(=O)c1c(NC(=O)Nc2ccc(-n3nccn3)nc2)sc(-c2ccc([N+](=O)[O-])cc2)c1C. The molecule has 3 aromatic heterocycles. The molecule has 0 fully saturated rings. The number of benzene rings is 1. The van der Waals surface area contributed by atoms with E-state index in [-0.39, 0.29) is 22.9 Å². The molecule has 178 valence electrons. The summed E-state index contributed by atoms with van der Waals surface area (Å²) < 4.78 is 5.18. The topological polar surface area (TPSA) is 154 Å². The van der Waals surface area contributed by atoms with Crippen LogP contribution < -0.4 is 10.6 Å². The highest BCUT2D eigenvalue weighted by molar-refractivity contribution is 7.20. The lowest BCUT2D eigenvalue weighted by Crippen LogP contribution is -2.20. The Morgan fingerprint density at radius 1 is 1.11 bits per heavy atom. The van der Waals surface area contributed by atoms with Crippen LogP contribution in [0, 0.1) is 17.0 Å². The number of pyridine rings is 1. The number of thiophene rings is 1. The molecule has 35 heavy (non-hydrogen) atoms. The van der Waals surface area contributed by atoms with Gasteiger partial charge in [-0.15, -0.1) is 16.1 Å². The first-order chi connectivity index (χ1) is 16.9. The van der Waals surface area contributed by atoms with Crippen molar-refractivity contribution in [3.05, 3.63) is 76.2 Å². The summed E-state index contributed by atoms with van der Waals surface area (Å²) in [7, 11) is 0. The number of nitrogens with one attached hydrogen (secondary N) is 2. The number of rotatable bonds is 7. The van der Waals surface area contributed by atoms with Crippen molar-refractivity contribution in [2.24, 2.45) is 0 Å². The number of nitro benzene ring substituents is 1. The molecule has 0 spiro atoms. The van der Waals surface area contributed by atoms with Crippen LogP contribution in [0.5, 0.6) is 0 Å². The average molecular weight is 494 g/mol. The Morgan fingerprint density at radius 3 is 2.43 bits per heavy atom. The van der Waals surface area contributed by atoms with Gasteiger partial charge in [-0.3, -0.25) is 15.4 Å². The number of nitrogens with zero attached hydrogens (tertiary/aromatic N) is 5. The Bertz CT molecular complexity index is 1370. The smallest absolute Gasteiger partial charge is 0.341 e. The number of carbonyl (C=O) groups is 2. The number of urea groups is 1. The van der Waals surface area contributed by atoms with Gasteiger partial charge in [-0.1, -0.05) is 0 Å². The van der Waals surface area contributed by atoms with E-state index >= 15 is 0 Å². The number of carbonyl (C=O) groups excluding carboxylic acids is 2. The molecule has 0 aliphatic carbocycles. The van der Waals surface area contributed by atoms with E-state index in [2.05, 4.69) is 25.8 Å². The molecule has 1 aromatic carbocycles. The lowest BCUT2D eigenvalue weighted by Gasteiger charge is -2.09. The van der Waals surface area contributed by atoms with Gasteiger partial charge in [-0.2, -0.15) is 10.2 Å². The first kappa shape index (κ1) is 23.5. The third-order valence-corrected chi connectivity index (χ3v) is 6.08. The normalized spacial score (nSPS) is 10.6. The van der Waals surface area contributed by atoms with E-state index in [9.17, 15) is 19.7 Å². The second-order valence-corrected chi connectivity index (χ2v) is 8.11. The maximum atomic E-state index is 12.7. The number of aromatic nitrogens is 4. The molecular weight excluding hydrogens is 474 g/mol. The molecule has 2 amide bonds. The van der Waals surface area contributed by atoms with Crippen LogP contribution in [0.1, 0.15) is 22.8 Å². The molecule has 13 heteroatoms. The Balaban J connectivity index is 1.57. The van der Waals surface area contributed by atoms with Gasteiger partial charge in [-0.25, -0.2) is 14.6 Å². The first-order valence-corrected chi connectivity index (χ1v) is 11.1. The number of nitro groups is 1. The van der Waals surface area contributed by atoms with Crippen LogP contribution in [-0.4, -0.2) is 43.5 Å². The van der Waals surface area contributed by atoms with Gasteiger partial charge in [0.25, 0.3) is 5.69 Å². The summed E-state index contributed by atoms with van der Waals surface area (Å²) in [4.78, 5) is 42.1. The van der Waals surface area contributed by atoms with Crippen LogP contribution in [0.2, 0.25) is 0 Å². The molecule has 0 unspecified atom stereocenters. The van der Waals surface area contributed by atoms with Crippen molar-refractivity contribution in [2.45, 2.75) is 13.8 Å². The van der Waals surface area contributed by atoms with Crippen LogP contribution in [0.3, 0.4) is 0 Å². The standard InChI is InChI=1S/C22H19N7O5S/c1-3-34-21(30)18-13(2)19(14-4-7-16(8-5-14)29(32)33)35-20(18)27-22(31)26-15-6-9-17(23-12-15)28-24-10-11-25-28/h4-12H,3H2,1-2H3,(H2,26,27,31). The van der Waals surface area contributed by atoms with Crippen LogP contribution >= 0.6 is 11.3 Å². The summed E-state index contributed by atoms with van der Waals surface area (Å²) in [6.07, 6.45) is 4.50. The fourth-order valence-electron chi connectivity index (χ4n) is 3.24. The number of esters is 1. The molecule has 4 aromatic rings. The molecular formula is C22H19N7O5S. The van der Waals surface area contributed by atoms with Crippen molar-refractivity contribution in [1.29, 1.82) is 0 Å². The zero-order valence-electron chi connectivity index (χ0n) is 18.6. The number of hydrogen-bond donors (Lipinski definition) is 2. The van der Waals surface area contributed by atoms with Gasteiger partial charge in [0.1, 0.15) is 5.00 Å². The van der Waals surface area contributed by atoms with E-state index < -0.39 is 16.9 Å². The zero-order chi connectivity index (χ0) is 24.9. The van der Waals surface area contributed by atoms with Gasteiger partial charge in [0.05, 0.1) is 41.4 Å². The summed E-state index contributed by atoms with van der Waals surface area (Å²) >= 11 is 1.17. The molecule has 0 saturated heterocycles. The third-order valence-electron chi connectivity index (χ3n) is 4.82. The molecule has 2 N–H and O–H groups in total. The molecule has 0 bridgehead atoms. The van der Waals surface area contributed by atoms with Crippen molar-refractivity contribution < 1.29 is 19.2 Å². The zero-order valence-corrected chi connectivity index (χ0v) is 19.4. The third kappa shape index (κ3) is 5.14. The van der Waals surface area contributed by atoms with E-state index in [0.717, 1.165) is 0 Å².